The van der Waals surface area contributed by atoms with Crippen molar-refractivity contribution in [2.75, 3.05) is 61.5 Å². The molecule has 1 atom stereocenters. The maximum absolute atomic E-state index is 13.0. The van der Waals surface area contributed by atoms with E-state index < -0.39 is 11.0 Å². The number of benzene rings is 1. The van der Waals surface area contributed by atoms with Crippen molar-refractivity contribution in [3.05, 3.63) is 23.3 Å². The van der Waals surface area contributed by atoms with Crippen LogP contribution in [0.5, 0.6) is 5.75 Å². The van der Waals surface area contributed by atoms with Crippen LogP contribution in [0.25, 0.3) is 0 Å². The molecular formula is C25H42N4O5S. The van der Waals surface area contributed by atoms with Crippen LogP contribution in [0.15, 0.2) is 17.0 Å². The van der Waals surface area contributed by atoms with Gasteiger partial charge in [0.15, 0.2) is 0 Å². The van der Waals surface area contributed by atoms with E-state index in [2.05, 4.69) is 10.2 Å². The van der Waals surface area contributed by atoms with E-state index >= 15 is 0 Å². The van der Waals surface area contributed by atoms with E-state index in [1.54, 1.807) is 26.1 Å². The van der Waals surface area contributed by atoms with Crippen LogP contribution < -0.4 is 10.1 Å². The lowest BCUT2D eigenvalue weighted by molar-refractivity contribution is -0.134. The maximum atomic E-state index is 13.0. The van der Waals surface area contributed by atoms with Gasteiger partial charge in [0.1, 0.15) is 16.7 Å². The summed E-state index contributed by atoms with van der Waals surface area (Å²) in [7, 11) is 7.56. The summed E-state index contributed by atoms with van der Waals surface area (Å²) in [6.07, 6.45) is 3.91. The van der Waals surface area contributed by atoms with Crippen LogP contribution in [0.3, 0.4) is 0 Å². The number of aryl methyl sites for hydroxylation is 2. The van der Waals surface area contributed by atoms with Crippen molar-refractivity contribution >= 4 is 22.8 Å². The highest BCUT2D eigenvalue weighted by atomic mass is 32.2. The van der Waals surface area contributed by atoms with E-state index in [0.717, 1.165) is 50.0 Å². The minimum Gasteiger partial charge on any atom is -0.497 e. The Bertz CT molecular complexity index is 864. The first-order valence-corrected chi connectivity index (χ1v) is 13.2. The van der Waals surface area contributed by atoms with Gasteiger partial charge >= 0.3 is 0 Å². The molecule has 2 rings (SSSR count). The van der Waals surface area contributed by atoms with Gasteiger partial charge in [-0.15, -0.1) is 0 Å². The van der Waals surface area contributed by atoms with Gasteiger partial charge in [-0.05, 0) is 76.9 Å². The summed E-state index contributed by atoms with van der Waals surface area (Å²) in [5.74, 6) is 0.236. The van der Waals surface area contributed by atoms with Crippen LogP contribution in [0, 0.1) is 13.8 Å². The first-order valence-electron chi connectivity index (χ1n) is 12.1. The largest absolute Gasteiger partial charge is 0.497 e. The zero-order chi connectivity index (χ0) is 26.1. The smallest absolute Gasteiger partial charge is 0.241 e. The fraction of sp³-hybridized carbons (Fsp3) is 0.680. The highest BCUT2D eigenvalue weighted by Gasteiger charge is 2.27. The highest BCUT2D eigenvalue weighted by Crippen LogP contribution is 2.26. The minimum absolute atomic E-state index is 0.0737. The van der Waals surface area contributed by atoms with Gasteiger partial charge in [-0.2, -0.15) is 0 Å². The summed E-state index contributed by atoms with van der Waals surface area (Å²) in [6.45, 7) is 5.21. The fourth-order valence-corrected chi connectivity index (χ4v) is 5.50. The third-order valence-corrected chi connectivity index (χ3v) is 8.10. The lowest BCUT2D eigenvalue weighted by Gasteiger charge is -2.34. The van der Waals surface area contributed by atoms with E-state index in [1.165, 1.54) is 4.31 Å². The van der Waals surface area contributed by atoms with Gasteiger partial charge in [0, 0.05) is 26.7 Å². The minimum atomic E-state index is -1.51. The molecule has 1 N–H and O–H groups in total. The highest BCUT2D eigenvalue weighted by molar-refractivity contribution is 7.82. The number of hydrogen-bond acceptors (Lipinski definition) is 6. The number of nitrogens with one attached hydrogen (secondary N) is 1. The second-order valence-corrected chi connectivity index (χ2v) is 11.0. The molecule has 1 aromatic carbocycles. The molecule has 0 saturated heterocycles. The number of likely N-dealkylation sites (N-methyl/N-ethyl adjacent to an activating group) is 3. The number of ether oxygens (including phenoxy) is 2. The molecule has 0 aromatic heterocycles. The van der Waals surface area contributed by atoms with Crippen LogP contribution in [0.2, 0.25) is 0 Å². The standard InChI is InChI=1S/C25H42N4O5S/c1-18-14-22(33-7)15-19(2)25(18)35(32)28(5)17-23(30)26-16-24(31)29(6)20-8-10-21(11-9-20)34-13-12-27(3)4/h14-15,20-21H,8-13,16-17H2,1-7H3,(H,26,30). The Labute approximate surface area is 212 Å². The Morgan fingerprint density at radius 1 is 1.06 bits per heavy atom. The van der Waals surface area contributed by atoms with E-state index in [4.69, 9.17) is 9.47 Å². The molecule has 0 radical (unpaired) electrons. The zero-order valence-corrected chi connectivity index (χ0v) is 23.1. The van der Waals surface area contributed by atoms with Crippen molar-refractivity contribution in [2.24, 2.45) is 0 Å². The Balaban J connectivity index is 1.77. The summed E-state index contributed by atoms with van der Waals surface area (Å²) < 4.78 is 25.7. The van der Waals surface area contributed by atoms with Gasteiger partial charge in [-0.3, -0.25) is 9.59 Å². The summed E-state index contributed by atoms with van der Waals surface area (Å²) in [5, 5.41) is 2.68. The molecule has 1 unspecified atom stereocenters. The third-order valence-electron chi connectivity index (χ3n) is 6.41. The van der Waals surface area contributed by atoms with Gasteiger partial charge in [-0.25, -0.2) is 8.51 Å². The molecule has 1 fully saturated rings. The molecule has 0 heterocycles. The molecule has 0 bridgehead atoms. The number of methoxy groups -OCH3 is 1. The van der Waals surface area contributed by atoms with E-state index in [9.17, 15) is 13.8 Å². The van der Waals surface area contributed by atoms with Crippen molar-refractivity contribution in [3.8, 4) is 5.75 Å². The van der Waals surface area contributed by atoms with Gasteiger partial charge in [-0.1, -0.05) is 0 Å². The van der Waals surface area contributed by atoms with Crippen molar-refractivity contribution < 1.29 is 23.3 Å². The average Bonchev–Trinajstić information content (AvgIpc) is 2.81. The molecule has 1 aliphatic rings. The predicted molar refractivity (Wildman–Crippen MR) is 138 cm³/mol. The predicted octanol–water partition coefficient (Wildman–Crippen LogP) is 1.73. The SMILES string of the molecule is COc1cc(C)c(S(=O)N(C)CC(=O)NCC(=O)N(C)C2CCC(OCCN(C)C)CC2)c(C)c1. The van der Waals surface area contributed by atoms with Gasteiger partial charge in [0.2, 0.25) is 11.8 Å². The Morgan fingerprint density at radius 3 is 2.20 bits per heavy atom. The van der Waals surface area contributed by atoms with Gasteiger partial charge < -0.3 is 24.6 Å². The quantitative estimate of drug-likeness (QED) is 0.461. The van der Waals surface area contributed by atoms with Crippen molar-refractivity contribution in [2.45, 2.75) is 56.6 Å². The van der Waals surface area contributed by atoms with Crippen LogP contribution >= 0.6 is 0 Å². The molecule has 0 spiro atoms. The molecule has 10 heteroatoms. The average molecular weight is 511 g/mol. The van der Waals surface area contributed by atoms with Crippen LogP contribution in [0.4, 0.5) is 0 Å². The zero-order valence-electron chi connectivity index (χ0n) is 22.3. The second-order valence-electron chi connectivity index (χ2n) is 9.51. The second kappa shape index (κ2) is 13.9. The molecule has 9 nitrogen and oxygen atoms in total. The van der Waals surface area contributed by atoms with Gasteiger partial charge in [0.05, 0.1) is 37.8 Å². The molecule has 198 valence electrons. The molecule has 1 saturated carbocycles. The summed E-state index contributed by atoms with van der Waals surface area (Å²) >= 11 is 0. The molecule has 0 aliphatic heterocycles. The van der Waals surface area contributed by atoms with Crippen LogP contribution in [0.1, 0.15) is 36.8 Å². The number of rotatable bonds is 12. The molecule has 35 heavy (non-hydrogen) atoms. The number of amides is 2. The van der Waals surface area contributed by atoms with E-state index in [1.807, 2.05) is 40.1 Å². The first-order chi connectivity index (χ1) is 16.5. The normalized spacial score (nSPS) is 19.0. The Morgan fingerprint density at radius 2 is 1.66 bits per heavy atom. The van der Waals surface area contributed by atoms with Crippen LogP contribution in [-0.4, -0.2) is 104 Å². The number of nitrogens with zero attached hydrogens (tertiary/aromatic N) is 3. The topological polar surface area (TPSA) is 91.4 Å². The molecule has 1 aromatic rings. The maximum Gasteiger partial charge on any atom is 0.241 e. The molecule has 1 aliphatic carbocycles. The lowest BCUT2D eigenvalue weighted by atomic mass is 9.92. The number of hydrogen-bond donors (Lipinski definition) is 1. The summed E-state index contributed by atoms with van der Waals surface area (Å²) in [5.41, 5.74) is 1.67. The Kier molecular flexibility index (Phi) is 11.6. The fourth-order valence-electron chi connectivity index (χ4n) is 4.28. The van der Waals surface area contributed by atoms with Crippen molar-refractivity contribution in [3.63, 3.8) is 0 Å². The van der Waals surface area contributed by atoms with E-state index in [0.29, 0.717) is 10.6 Å². The molecule has 2 amide bonds. The number of carbonyl (C=O) groups is 2. The first kappa shape index (κ1) is 29.2. The van der Waals surface area contributed by atoms with E-state index in [-0.39, 0.29) is 37.0 Å². The lowest BCUT2D eigenvalue weighted by Crippen LogP contribution is -2.46. The van der Waals surface area contributed by atoms with Crippen molar-refractivity contribution in [1.29, 1.82) is 0 Å². The van der Waals surface area contributed by atoms with Gasteiger partial charge in [0.25, 0.3) is 0 Å². The van der Waals surface area contributed by atoms with Crippen LogP contribution in [-0.2, 0) is 25.3 Å². The number of carbonyl (C=O) groups excluding carboxylic acids is 2. The summed E-state index contributed by atoms with van der Waals surface area (Å²) in [6, 6.07) is 3.81. The third kappa shape index (κ3) is 8.86. The monoisotopic (exact) mass is 510 g/mol. The molecular weight excluding hydrogens is 468 g/mol. The Hall–Kier alpha value is -2.01. The van der Waals surface area contributed by atoms with Crippen molar-refractivity contribution in [1.82, 2.24) is 19.4 Å². The summed E-state index contributed by atoms with van der Waals surface area (Å²) in [4.78, 5) is 29.6.